The maximum absolute atomic E-state index is 9.02. The van der Waals surface area contributed by atoms with E-state index in [1.54, 1.807) is 0 Å². The number of nitrogens with zero attached hydrogens (tertiary/aromatic N) is 3. The molecule has 3 aromatic carbocycles. The van der Waals surface area contributed by atoms with Gasteiger partial charge in [0.15, 0.2) is 0 Å². The van der Waals surface area contributed by atoms with E-state index in [4.69, 9.17) is 82.0 Å². The van der Waals surface area contributed by atoms with Gasteiger partial charge in [0, 0.05) is 76.5 Å². The predicted molar refractivity (Wildman–Crippen MR) is 330 cm³/mol. The first kappa shape index (κ1) is 74.6. The first-order chi connectivity index (χ1) is 41.5. The van der Waals surface area contributed by atoms with Crippen LogP contribution in [0.5, 0.6) is 0 Å². The summed E-state index contributed by atoms with van der Waals surface area (Å²) in [5, 5.41) is 35.6. The monoisotopic (exact) mass is 1190 g/mol. The Hall–Kier alpha value is -3.62. The number of ether oxygens (including phenoxy) is 13. The maximum Gasteiger partial charge on any atom is 0.0701 e. The average molecular weight is 1190 g/mol. The molecule has 0 saturated heterocycles. The first-order valence-electron chi connectivity index (χ1n) is 30.9. The molecule has 20 nitrogen and oxygen atoms in total. The van der Waals surface area contributed by atoms with Crippen LogP contribution >= 0.6 is 0 Å². The van der Waals surface area contributed by atoms with E-state index >= 15 is 0 Å². The average Bonchev–Trinajstić information content (AvgIpc) is 3.70. The topological polar surface area (TPSA) is 211 Å². The Labute approximate surface area is 503 Å². The van der Waals surface area contributed by atoms with Crippen LogP contribution < -0.4 is 14.7 Å². The molecule has 1 unspecified atom stereocenters. The van der Waals surface area contributed by atoms with Gasteiger partial charge in [-0.05, 0) is 65.9 Å². The molecule has 0 aliphatic heterocycles. The first-order valence-corrected chi connectivity index (χ1v) is 30.9. The molecule has 0 heterocycles. The molecule has 3 aromatic rings. The third kappa shape index (κ3) is 38.5. The van der Waals surface area contributed by atoms with Crippen molar-refractivity contribution in [3.05, 3.63) is 89.5 Å². The molecule has 1 atom stereocenters. The lowest BCUT2D eigenvalue weighted by atomic mass is 9.85. The van der Waals surface area contributed by atoms with E-state index in [0.29, 0.717) is 191 Å². The molecule has 0 amide bonds. The lowest BCUT2D eigenvalue weighted by Crippen LogP contribution is -2.31. The second kappa shape index (κ2) is 54.7. The SMILES string of the molecule is CN(C)c1ccc(C(c2ccc(N(CCOCCCCCCCCCCCO)CCOCCOCCOCCOCCO)cc2)c2ccc(N(CCOCCOCCOCCOCCO)CCOCCOCCOCCOCCO)cc2)cc1. The summed E-state index contributed by atoms with van der Waals surface area (Å²) < 4.78 is 73.8. The minimum Gasteiger partial charge on any atom is -0.396 e. The van der Waals surface area contributed by atoms with Crippen molar-refractivity contribution in [1.82, 2.24) is 0 Å². The number of rotatable bonds is 62. The number of hydrogen-bond acceptors (Lipinski definition) is 20. The van der Waals surface area contributed by atoms with Crippen LogP contribution in [0.4, 0.5) is 17.1 Å². The summed E-state index contributed by atoms with van der Waals surface area (Å²) in [5.74, 6) is -0.0317. The Bertz CT molecular complexity index is 1690. The maximum atomic E-state index is 9.02. The largest absolute Gasteiger partial charge is 0.396 e. The highest BCUT2D eigenvalue weighted by Gasteiger charge is 2.19. The molecule has 20 heteroatoms. The molecule has 4 N–H and O–H groups in total. The number of aliphatic hydroxyl groups is 4. The number of benzene rings is 3. The molecule has 0 fully saturated rings. The Balaban J connectivity index is 1.69. The summed E-state index contributed by atoms with van der Waals surface area (Å²) in [6, 6.07) is 26.7. The molecule has 0 aliphatic carbocycles. The van der Waals surface area contributed by atoms with Crippen LogP contribution in [0.25, 0.3) is 0 Å². The van der Waals surface area contributed by atoms with Gasteiger partial charge in [0.2, 0.25) is 0 Å². The molecular weight excluding hydrogens is 1080 g/mol. The van der Waals surface area contributed by atoms with E-state index in [2.05, 4.69) is 102 Å². The van der Waals surface area contributed by atoms with Crippen LogP contribution in [-0.2, 0) is 61.6 Å². The summed E-state index contributed by atoms with van der Waals surface area (Å²) in [4.78, 5) is 6.75. The molecule has 0 aliphatic rings. The summed E-state index contributed by atoms with van der Waals surface area (Å²) >= 11 is 0. The van der Waals surface area contributed by atoms with Crippen molar-refractivity contribution in [3.63, 3.8) is 0 Å². The highest BCUT2D eigenvalue weighted by molar-refractivity contribution is 5.56. The van der Waals surface area contributed by atoms with Crippen LogP contribution in [-0.4, -0.2) is 259 Å². The van der Waals surface area contributed by atoms with E-state index in [9.17, 15) is 0 Å². The highest BCUT2D eigenvalue weighted by atomic mass is 16.6. The van der Waals surface area contributed by atoms with Crippen molar-refractivity contribution < 1.29 is 82.0 Å². The van der Waals surface area contributed by atoms with Crippen LogP contribution in [0.1, 0.15) is 80.4 Å². The number of anilines is 3. The lowest BCUT2D eigenvalue weighted by Gasteiger charge is -2.27. The fourth-order valence-electron chi connectivity index (χ4n) is 8.87. The molecule has 0 radical (unpaired) electrons. The van der Waals surface area contributed by atoms with Crippen LogP contribution in [0.3, 0.4) is 0 Å². The Morgan fingerprint density at radius 1 is 0.250 bits per heavy atom. The third-order valence-corrected chi connectivity index (χ3v) is 13.4. The third-order valence-electron chi connectivity index (χ3n) is 13.4. The van der Waals surface area contributed by atoms with Gasteiger partial charge in [-0.25, -0.2) is 0 Å². The van der Waals surface area contributed by atoms with Crippen LogP contribution in [0.2, 0.25) is 0 Å². The highest BCUT2D eigenvalue weighted by Crippen LogP contribution is 2.35. The van der Waals surface area contributed by atoms with Crippen molar-refractivity contribution in [2.75, 3.05) is 253 Å². The fourth-order valence-corrected chi connectivity index (χ4v) is 8.87. The quantitative estimate of drug-likeness (QED) is 0.0364. The second-order valence-electron chi connectivity index (χ2n) is 20.1. The van der Waals surface area contributed by atoms with E-state index < -0.39 is 0 Å². The van der Waals surface area contributed by atoms with E-state index in [1.807, 2.05) is 0 Å². The van der Waals surface area contributed by atoms with Gasteiger partial charge in [-0.2, -0.15) is 0 Å². The van der Waals surface area contributed by atoms with Gasteiger partial charge in [-0.3, -0.25) is 0 Å². The van der Waals surface area contributed by atoms with Crippen molar-refractivity contribution in [1.29, 1.82) is 0 Å². The summed E-state index contributed by atoms with van der Waals surface area (Å²) in [6.07, 6.45) is 10.5. The molecular formula is C64H109N3O17. The molecule has 482 valence electrons. The zero-order valence-corrected chi connectivity index (χ0v) is 51.3. The minimum atomic E-state index is -0.0317. The van der Waals surface area contributed by atoms with Crippen molar-refractivity contribution in [3.8, 4) is 0 Å². The predicted octanol–water partition coefficient (Wildman–Crippen LogP) is 6.24. The molecule has 0 saturated carbocycles. The summed E-state index contributed by atoms with van der Waals surface area (Å²) in [5.41, 5.74) is 6.85. The zero-order chi connectivity index (χ0) is 59.9. The van der Waals surface area contributed by atoms with Crippen molar-refractivity contribution in [2.24, 2.45) is 0 Å². The Kier molecular flexibility index (Phi) is 48.6. The van der Waals surface area contributed by atoms with Crippen LogP contribution in [0.15, 0.2) is 72.8 Å². The number of aliphatic hydroxyl groups excluding tert-OH is 4. The smallest absolute Gasteiger partial charge is 0.0701 e. The van der Waals surface area contributed by atoms with Crippen molar-refractivity contribution >= 4 is 17.1 Å². The lowest BCUT2D eigenvalue weighted by molar-refractivity contribution is -0.00591. The number of hydrogen-bond donors (Lipinski definition) is 4. The number of unbranched alkanes of at least 4 members (excludes halogenated alkanes) is 8. The summed E-state index contributed by atoms with van der Waals surface area (Å²) in [7, 11) is 4.12. The van der Waals surface area contributed by atoms with Gasteiger partial charge >= 0.3 is 0 Å². The Morgan fingerprint density at radius 2 is 0.476 bits per heavy atom. The fraction of sp³-hybridized carbons (Fsp3) is 0.719. The van der Waals surface area contributed by atoms with E-state index in [0.717, 1.165) is 49.5 Å². The standard InChI is InChI=1S/C64H109N3O17/c1-65(2)61-18-12-58(13-19-61)64(59-14-20-62(21-15-59)66(24-33-72-32-11-9-7-5-3-4-6-8-10-28-68)25-34-73-40-46-79-52-55-82-49-43-76-37-29-69)60-16-22-63(23-17-60)67(26-35-74-41-47-80-53-56-83-50-44-77-38-30-70)27-36-75-42-48-81-54-57-84-51-45-78-39-31-71/h12-23,64,68-71H,3-11,24-57H2,1-2H3. The second-order valence-corrected chi connectivity index (χ2v) is 20.1. The van der Waals surface area contributed by atoms with Gasteiger partial charge in [0.05, 0.1) is 185 Å². The molecule has 84 heavy (non-hydrogen) atoms. The molecule has 0 spiro atoms. The van der Waals surface area contributed by atoms with Gasteiger partial charge < -0.3 is 96.7 Å². The zero-order valence-electron chi connectivity index (χ0n) is 51.3. The molecule has 0 aromatic heterocycles. The van der Waals surface area contributed by atoms with Gasteiger partial charge in [-0.1, -0.05) is 81.3 Å². The molecule has 3 rings (SSSR count). The van der Waals surface area contributed by atoms with Crippen molar-refractivity contribution in [2.45, 2.75) is 63.7 Å². The van der Waals surface area contributed by atoms with Gasteiger partial charge in [0.1, 0.15) is 0 Å². The van der Waals surface area contributed by atoms with E-state index in [1.165, 1.54) is 55.2 Å². The minimum absolute atomic E-state index is 0.00107. The van der Waals surface area contributed by atoms with Crippen LogP contribution in [0, 0.1) is 0 Å². The van der Waals surface area contributed by atoms with Gasteiger partial charge in [-0.15, -0.1) is 0 Å². The van der Waals surface area contributed by atoms with Gasteiger partial charge in [0.25, 0.3) is 0 Å². The van der Waals surface area contributed by atoms with E-state index in [-0.39, 0.29) is 25.7 Å². The summed E-state index contributed by atoms with van der Waals surface area (Å²) in [6.45, 7) is 15.1. The molecule has 0 bridgehead atoms. The normalized spacial score (nSPS) is 11.9. The Morgan fingerprint density at radius 3 is 0.738 bits per heavy atom.